The van der Waals surface area contributed by atoms with Gasteiger partial charge in [0.05, 0.1) is 12.2 Å². The summed E-state index contributed by atoms with van der Waals surface area (Å²) in [6, 6.07) is 9.41. The molecule has 1 atom stereocenters. The second-order valence-corrected chi connectivity index (χ2v) is 4.89. The number of urea groups is 1. The molecule has 6 nitrogen and oxygen atoms in total. The second kappa shape index (κ2) is 6.69. The molecule has 2 N–H and O–H groups in total. The number of benzene rings is 1. The number of anilines is 2. The molecule has 1 heterocycles. The summed E-state index contributed by atoms with van der Waals surface area (Å²) in [5, 5.41) is 5.66. The Kier molecular flexibility index (Phi) is 4.71. The van der Waals surface area contributed by atoms with E-state index in [0.717, 1.165) is 5.56 Å². The fourth-order valence-corrected chi connectivity index (χ4v) is 1.95. The molecular weight excluding hydrogens is 266 g/mol. The van der Waals surface area contributed by atoms with Crippen LogP contribution < -0.4 is 15.5 Å². The van der Waals surface area contributed by atoms with Gasteiger partial charge < -0.3 is 15.5 Å². The molecule has 0 aliphatic carbocycles. The normalized spacial score (nSPS) is 11.6. The molecule has 2 aromatic rings. The van der Waals surface area contributed by atoms with Crippen molar-refractivity contribution >= 4 is 17.5 Å². The van der Waals surface area contributed by atoms with Crippen LogP contribution >= 0.6 is 0 Å². The number of nitrogens with one attached hydrogen (secondary N) is 2. The van der Waals surface area contributed by atoms with E-state index in [9.17, 15) is 4.79 Å². The van der Waals surface area contributed by atoms with Crippen molar-refractivity contribution in [3.05, 3.63) is 48.4 Å². The van der Waals surface area contributed by atoms with E-state index in [1.165, 1.54) is 6.33 Å². The third kappa shape index (κ3) is 3.92. The first-order valence-corrected chi connectivity index (χ1v) is 6.67. The number of carbonyl (C=O) groups excluding carboxylic acids is 1. The molecule has 0 aliphatic heterocycles. The molecule has 0 saturated heterocycles. The van der Waals surface area contributed by atoms with Crippen LogP contribution in [0.5, 0.6) is 0 Å². The minimum atomic E-state index is -0.288. The zero-order chi connectivity index (χ0) is 15.2. The molecule has 1 aromatic carbocycles. The van der Waals surface area contributed by atoms with Gasteiger partial charge in [-0.2, -0.15) is 0 Å². The highest BCUT2D eigenvalue weighted by Gasteiger charge is 2.12. The standard InChI is InChI=1S/C15H19N5O/c1-11(12-7-5-4-6-8-12)18-15(21)19-13-9-16-10-17-14(13)20(2)3/h4-11H,1-3H3,(H2,18,19,21)/t11-/m1/s1. The maximum absolute atomic E-state index is 12.1. The topological polar surface area (TPSA) is 70.1 Å². The zero-order valence-corrected chi connectivity index (χ0v) is 12.4. The molecule has 6 heteroatoms. The number of rotatable bonds is 4. The highest BCUT2D eigenvalue weighted by molar-refractivity contribution is 5.92. The predicted octanol–water partition coefficient (Wildman–Crippen LogP) is 2.43. The van der Waals surface area contributed by atoms with Crippen LogP contribution in [-0.4, -0.2) is 30.1 Å². The van der Waals surface area contributed by atoms with Crippen molar-refractivity contribution in [2.75, 3.05) is 24.3 Å². The summed E-state index contributed by atoms with van der Waals surface area (Å²) in [6.45, 7) is 1.93. The highest BCUT2D eigenvalue weighted by Crippen LogP contribution is 2.19. The third-order valence-electron chi connectivity index (χ3n) is 3.01. The smallest absolute Gasteiger partial charge is 0.319 e. The van der Waals surface area contributed by atoms with Gasteiger partial charge in [0.2, 0.25) is 0 Å². The van der Waals surface area contributed by atoms with Crippen LogP contribution in [0.3, 0.4) is 0 Å². The molecule has 0 aliphatic rings. The Morgan fingerprint density at radius 3 is 2.62 bits per heavy atom. The molecular formula is C15H19N5O. The van der Waals surface area contributed by atoms with Crippen molar-refractivity contribution in [2.45, 2.75) is 13.0 Å². The van der Waals surface area contributed by atoms with Crippen molar-refractivity contribution in [3.63, 3.8) is 0 Å². The molecule has 0 saturated carbocycles. The van der Waals surface area contributed by atoms with Crippen LogP contribution in [0.25, 0.3) is 0 Å². The number of hydrogen-bond acceptors (Lipinski definition) is 4. The molecule has 0 unspecified atom stereocenters. The first-order chi connectivity index (χ1) is 10.1. The molecule has 21 heavy (non-hydrogen) atoms. The highest BCUT2D eigenvalue weighted by atomic mass is 16.2. The van der Waals surface area contributed by atoms with Gasteiger partial charge in [-0.25, -0.2) is 14.8 Å². The van der Waals surface area contributed by atoms with Crippen molar-refractivity contribution in [1.82, 2.24) is 15.3 Å². The number of amides is 2. The maximum Gasteiger partial charge on any atom is 0.319 e. The summed E-state index contributed by atoms with van der Waals surface area (Å²) in [5.41, 5.74) is 1.62. The van der Waals surface area contributed by atoms with Gasteiger partial charge in [0, 0.05) is 14.1 Å². The fourth-order valence-electron chi connectivity index (χ4n) is 1.95. The fraction of sp³-hybridized carbons (Fsp3) is 0.267. The van der Waals surface area contributed by atoms with E-state index in [0.29, 0.717) is 11.5 Å². The van der Waals surface area contributed by atoms with E-state index in [1.807, 2.05) is 56.3 Å². The van der Waals surface area contributed by atoms with Crippen molar-refractivity contribution < 1.29 is 4.79 Å². The van der Waals surface area contributed by atoms with Crippen molar-refractivity contribution in [3.8, 4) is 0 Å². The number of carbonyl (C=O) groups is 1. The molecule has 0 bridgehead atoms. The van der Waals surface area contributed by atoms with Crippen LogP contribution in [0.15, 0.2) is 42.9 Å². The van der Waals surface area contributed by atoms with Gasteiger partial charge in [0.25, 0.3) is 0 Å². The van der Waals surface area contributed by atoms with Gasteiger partial charge in [-0.3, -0.25) is 0 Å². The average Bonchev–Trinajstić information content (AvgIpc) is 2.48. The molecule has 2 rings (SSSR count). The van der Waals surface area contributed by atoms with Crippen molar-refractivity contribution in [2.24, 2.45) is 0 Å². The number of aromatic nitrogens is 2. The van der Waals surface area contributed by atoms with Crippen LogP contribution in [0.4, 0.5) is 16.3 Å². The van der Waals surface area contributed by atoms with Crippen LogP contribution in [0.2, 0.25) is 0 Å². The largest absolute Gasteiger partial charge is 0.361 e. The predicted molar refractivity (Wildman–Crippen MR) is 83.4 cm³/mol. The number of hydrogen-bond donors (Lipinski definition) is 2. The lowest BCUT2D eigenvalue weighted by Gasteiger charge is -2.18. The van der Waals surface area contributed by atoms with Gasteiger partial charge in [0.1, 0.15) is 12.0 Å². The van der Waals surface area contributed by atoms with E-state index in [2.05, 4.69) is 20.6 Å². The Bertz CT molecular complexity index is 600. The Hall–Kier alpha value is -2.63. The van der Waals surface area contributed by atoms with Gasteiger partial charge in [-0.1, -0.05) is 30.3 Å². The average molecular weight is 285 g/mol. The molecule has 0 fully saturated rings. The maximum atomic E-state index is 12.1. The van der Waals surface area contributed by atoms with Gasteiger partial charge >= 0.3 is 6.03 Å². The molecule has 2 amide bonds. The molecule has 0 spiro atoms. The first kappa shape index (κ1) is 14.8. The van der Waals surface area contributed by atoms with Crippen LogP contribution in [0, 0.1) is 0 Å². The minimum Gasteiger partial charge on any atom is -0.361 e. The lowest BCUT2D eigenvalue weighted by molar-refractivity contribution is 0.249. The molecule has 110 valence electrons. The van der Waals surface area contributed by atoms with Crippen LogP contribution in [-0.2, 0) is 0 Å². The van der Waals surface area contributed by atoms with E-state index in [1.54, 1.807) is 6.20 Å². The lowest BCUT2D eigenvalue weighted by Crippen LogP contribution is -2.31. The summed E-state index contributed by atoms with van der Waals surface area (Å²) < 4.78 is 0. The summed E-state index contributed by atoms with van der Waals surface area (Å²) in [7, 11) is 3.72. The summed E-state index contributed by atoms with van der Waals surface area (Å²) in [5.74, 6) is 0.660. The van der Waals surface area contributed by atoms with E-state index < -0.39 is 0 Å². The van der Waals surface area contributed by atoms with Gasteiger partial charge in [-0.05, 0) is 12.5 Å². The molecule has 1 aromatic heterocycles. The summed E-state index contributed by atoms with van der Waals surface area (Å²) >= 11 is 0. The lowest BCUT2D eigenvalue weighted by atomic mass is 10.1. The SMILES string of the molecule is C[C@@H](NC(=O)Nc1cncnc1N(C)C)c1ccccc1. The monoisotopic (exact) mass is 285 g/mol. The minimum absolute atomic E-state index is 0.0846. The Morgan fingerprint density at radius 2 is 1.95 bits per heavy atom. The van der Waals surface area contributed by atoms with Crippen LogP contribution in [0.1, 0.15) is 18.5 Å². The van der Waals surface area contributed by atoms with E-state index in [-0.39, 0.29) is 12.1 Å². The first-order valence-electron chi connectivity index (χ1n) is 6.67. The van der Waals surface area contributed by atoms with Gasteiger partial charge in [-0.15, -0.1) is 0 Å². The Morgan fingerprint density at radius 1 is 1.24 bits per heavy atom. The number of nitrogens with zero attached hydrogens (tertiary/aromatic N) is 3. The Labute approximate surface area is 124 Å². The van der Waals surface area contributed by atoms with E-state index in [4.69, 9.17) is 0 Å². The second-order valence-electron chi connectivity index (χ2n) is 4.89. The zero-order valence-electron chi connectivity index (χ0n) is 12.4. The summed E-state index contributed by atoms with van der Waals surface area (Å²) in [6.07, 6.45) is 3.03. The molecule has 0 radical (unpaired) electrons. The summed E-state index contributed by atoms with van der Waals surface area (Å²) in [4.78, 5) is 22.0. The third-order valence-corrected chi connectivity index (χ3v) is 3.01. The Balaban J connectivity index is 2.02. The van der Waals surface area contributed by atoms with Crippen molar-refractivity contribution in [1.29, 1.82) is 0 Å². The quantitative estimate of drug-likeness (QED) is 0.905. The van der Waals surface area contributed by atoms with Gasteiger partial charge in [0.15, 0.2) is 5.82 Å². The van der Waals surface area contributed by atoms with E-state index >= 15 is 0 Å².